The van der Waals surface area contributed by atoms with Crippen molar-refractivity contribution in [2.45, 2.75) is 6.42 Å². The fourth-order valence-corrected chi connectivity index (χ4v) is 2.82. The highest BCUT2D eigenvalue weighted by Crippen LogP contribution is 2.19. The molecule has 1 fully saturated rings. The van der Waals surface area contributed by atoms with Crippen LogP contribution < -0.4 is 5.73 Å². The Morgan fingerprint density at radius 3 is 2.64 bits per heavy atom. The van der Waals surface area contributed by atoms with Crippen LogP contribution >= 0.6 is 0 Å². The van der Waals surface area contributed by atoms with Gasteiger partial charge in [0.25, 0.3) is 5.91 Å². The van der Waals surface area contributed by atoms with Crippen LogP contribution in [0.15, 0.2) is 36.7 Å². The van der Waals surface area contributed by atoms with Gasteiger partial charge in [0.2, 0.25) is 0 Å². The predicted molar refractivity (Wildman–Crippen MR) is 83.4 cm³/mol. The first kappa shape index (κ1) is 14.3. The maximum atomic E-state index is 12.8. The number of carbonyl (C=O) groups excluding carboxylic acids is 2. The van der Waals surface area contributed by atoms with Gasteiger partial charge < -0.3 is 15.5 Å². The van der Waals surface area contributed by atoms with E-state index in [1.54, 1.807) is 22.2 Å². The highest BCUT2D eigenvalue weighted by atomic mass is 16.2. The molecule has 1 aromatic carbocycles. The molecule has 0 saturated carbocycles. The van der Waals surface area contributed by atoms with Crippen molar-refractivity contribution in [3.63, 3.8) is 0 Å². The number of rotatable bonds is 1. The molecule has 2 N–H and O–H groups in total. The van der Waals surface area contributed by atoms with E-state index in [2.05, 4.69) is 4.98 Å². The summed E-state index contributed by atoms with van der Waals surface area (Å²) in [6.07, 6.45) is 4.18. The van der Waals surface area contributed by atoms with Crippen molar-refractivity contribution in [1.82, 2.24) is 14.8 Å². The molecule has 0 spiro atoms. The summed E-state index contributed by atoms with van der Waals surface area (Å²) >= 11 is 0. The average molecular weight is 298 g/mol. The second kappa shape index (κ2) is 6.01. The van der Waals surface area contributed by atoms with Crippen LogP contribution in [0.2, 0.25) is 0 Å². The third-order valence-electron chi connectivity index (χ3n) is 4.01. The Hall–Kier alpha value is -2.63. The largest absolute Gasteiger partial charge is 0.351 e. The predicted octanol–water partition coefficient (Wildman–Crippen LogP) is 1.46. The molecule has 3 amide bonds. The van der Waals surface area contributed by atoms with E-state index in [1.165, 1.54) is 0 Å². The van der Waals surface area contributed by atoms with Crippen LogP contribution in [0.1, 0.15) is 16.8 Å². The van der Waals surface area contributed by atoms with Crippen LogP contribution in [-0.4, -0.2) is 52.9 Å². The van der Waals surface area contributed by atoms with E-state index >= 15 is 0 Å². The summed E-state index contributed by atoms with van der Waals surface area (Å²) in [6.45, 7) is 2.21. The van der Waals surface area contributed by atoms with Crippen molar-refractivity contribution in [2.75, 3.05) is 26.2 Å². The van der Waals surface area contributed by atoms with E-state index in [1.807, 2.05) is 24.3 Å². The lowest BCUT2D eigenvalue weighted by Crippen LogP contribution is -2.39. The van der Waals surface area contributed by atoms with Crippen LogP contribution in [0.3, 0.4) is 0 Å². The second-order valence-electron chi connectivity index (χ2n) is 5.37. The maximum Gasteiger partial charge on any atom is 0.314 e. The van der Waals surface area contributed by atoms with Crippen LogP contribution in [-0.2, 0) is 0 Å². The first-order chi connectivity index (χ1) is 10.7. The zero-order chi connectivity index (χ0) is 15.5. The highest BCUT2D eigenvalue weighted by Gasteiger charge is 2.22. The molecule has 0 aliphatic carbocycles. The maximum absolute atomic E-state index is 12.8. The Labute approximate surface area is 128 Å². The van der Waals surface area contributed by atoms with E-state index in [4.69, 9.17) is 5.73 Å². The molecule has 0 bridgehead atoms. The van der Waals surface area contributed by atoms with Gasteiger partial charge in [0.15, 0.2) is 0 Å². The van der Waals surface area contributed by atoms with Gasteiger partial charge in [0.1, 0.15) is 0 Å². The molecule has 0 radical (unpaired) electrons. The number of pyridine rings is 1. The van der Waals surface area contributed by atoms with Gasteiger partial charge in [-0.1, -0.05) is 12.1 Å². The molecule has 6 heteroatoms. The summed E-state index contributed by atoms with van der Waals surface area (Å²) in [5.41, 5.74) is 5.99. The molecule has 0 unspecified atom stereocenters. The zero-order valence-corrected chi connectivity index (χ0v) is 12.2. The Balaban J connectivity index is 1.85. The van der Waals surface area contributed by atoms with Gasteiger partial charge >= 0.3 is 6.03 Å². The number of benzene rings is 1. The number of primary amides is 1. The van der Waals surface area contributed by atoms with Gasteiger partial charge in [0, 0.05) is 49.5 Å². The van der Waals surface area contributed by atoms with Gasteiger partial charge in [0.05, 0.1) is 0 Å². The molecular formula is C16H18N4O2. The molecule has 6 nitrogen and oxygen atoms in total. The topological polar surface area (TPSA) is 79.5 Å². The Bertz CT molecular complexity index is 711. The van der Waals surface area contributed by atoms with Crippen molar-refractivity contribution >= 4 is 22.7 Å². The third kappa shape index (κ3) is 2.72. The van der Waals surface area contributed by atoms with E-state index in [9.17, 15) is 9.59 Å². The molecule has 1 aliphatic rings. The minimum atomic E-state index is -0.425. The summed E-state index contributed by atoms with van der Waals surface area (Å²) in [4.78, 5) is 31.5. The quantitative estimate of drug-likeness (QED) is 0.865. The molecule has 1 aliphatic heterocycles. The van der Waals surface area contributed by atoms with Gasteiger partial charge in [-0.3, -0.25) is 9.78 Å². The van der Waals surface area contributed by atoms with Crippen LogP contribution in [0.25, 0.3) is 10.8 Å². The smallest absolute Gasteiger partial charge is 0.314 e. The molecular weight excluding hydrogens is 280 g/mol. The van der Waals surface area contributed by atoms with Gasteiger partial charge in [-0.2, -0.15) is 0 Å². The minimum absolute atomic E-state index is 0.0110. The number of carbonyl (C=O) groups is 2. The Kier molecular flexibility index (Phi) is 3.91. The summed E-state index contributed by atoms with van der Waals surface area (Å²) in [7, 11) is 0. The van der Waals surface area contributed by atoms with Crippen molar-refractivity contribution in [1.29, 1.82) is 0 Å². The number of aromatic nitrogens is 1. The average Bonchev–Trinajstić information content (AvgIpc) is 2.80. The van der Waals surface area contributed by atoms with Gasteiger partial charge in [-0.05, 0) is 23.9 Å². The van der Waals surface area contributed by atoms with Crippen molar-refractivity contribution in [3.8, 4) is 0 Å². The van der Waals surface area contributed by atoms with Crippen molar-refractivity contribution in [2.24, 2.45) is 5.73 Å². The minimum Gasteiger partial charge on any atom is -0.351 e. The van der Waals surface area contributed by atoms with E-state index in [0.717, 1.165) is 17.2 Å². The number of fused-ring (bicyclic) bond motifs is 1. The number of nitrogens with zero attached hydrogens (tertiary/aromatic N) is 3. The van der Waals surface area contributed by atoms with Crippen LogP contribution in [0.5, 0.6) is 0 Å². The summed E-state index contributed by atoms with van der Waals surface area (Å²) in [5.74, 6) is -0.0110. The standard InChI is InChI=1S/C16H18N4O2/c17-16(22)20-8-2-7-19(9-10-20)15(21)14-4-1-3-12-11-18-6-5-13(12)14/h1,3-6,11H,2,7-10H2,(H2,17,22). The van der Waals surface area contributed by atoms with Crippen molar-refractivity contribution < 1.29 is 9.59 Å². The van der Waals surface area contributed by atoms with E-state index < -0.39 is 6.03 Å². The van der Waals surface area contributed by atoms with Crippen LogP contribution in [0, 0.1) is 0 Å². The monoisotopic (exact) mass is 298 g/mol. The highest BCUT2D eigenvalue weighted by molar-refractivity contribution is 6.06. The number of amides is 3. The summed E-state index contributed by atoms with van der Waals surface area (Å²) in [5, 5.41) is 1.85. The van der Waals surface area contributed by atoms with Crippen LogP contribution in [0.4, 0.5) is 4.79 Å². The fraction of sp³-hybridized carbons (Fsp3) is 0.312. The number of urea groups is 1. The molecule has 2 aromatic rings. The van der Waals surface area contributed by atoms with E-state index in [0.29, 0.717) is 31.7 Å². The lowest BCUT2D eigenvalue weighted by atomic mass is 10.1. The first-order valence-corrected chi connectivity index (χ1v) is 7.33. The number of hydrogen-bond donors (Lipinski definition) is 1. The number of nitrogens with two attached hydrogens (primary N) is 1. The summed E-state index contributed by atoms with van der Waals surface area (Å²) < 4.78 is 0. The second-order valence-corrected chi connectivity index (χ2v) is 5.37. The summed E-state index contributed by atoms with van der Waals surface area (Å²) in [6, 6.07) is 7.07. The SMILES string of the molecule is NC(=O)N1CCCN(C(=O)c2cccc3cnccc23)CC1. The molecule has 22 heavy (non-hydrogen) atoms. The zero-order valence-electron chi connectivity index (χ0n) is 12.2. The Morgan fingerprint density at radius 2 is 1.82 bits per heavy atom. The van der Waals surface area contributed by atoms with Crippen molar-refractivity contribution in [3.05, 3.63) is 42.2 Å². The van der Waals surface area contributed by atoms with E-state index in [-0.39, 0.29) is 5.91 Å². The normalized spacial score (nSPS) is 15.6. The molecule has 2 heterocycles. The lowest BCUT2D eigenvalue weighted by Gasteiger charge is -2.21. The Morgan fingerprint density at radius 1 is 1.05 bits per heavy atom. The number of hydrogen-bond acceptors (Lipinski definition) is 3. The van der Waals surface area contributed by atoms with Gasteiger partial charge in [-0.15, -0.1) is 0 Å². The molecule has 1 aromatic heterocycles. The molecule has 114 valence electrons. The fourth-order valence-electron chi connectivity index (χ4n) is 2.82. The van der Waals surface area contributed by atoms with Gasteiger partial charge in [-0.25, -0.2) is 4.79 Å². The first-order valence-electron chi connectivity index (χ1n) is 7.33. The molecule has 1 saturated heterocycles. The third-order valence-corrected chi connectivity index (χ3v) is 4.01. The molecule has 3 rings (SSSR count). The lowest BCUT2D eigenvalue weighted by molar-refractivity contribution is 0.0764. The molecule has 0 atom stereocenters.